The summed E-state index contributed by atoms with van der Waals surface area (Å²) >= 11 is 0. The number of nitrogens with zero attached hydrogens (tertiary/aromatic N) is 3. The summed E-state index contributed by atoms with van der Waals surface area (Å²) in [6.07, 6.45) is 0. The zero-order valence-corrected chi connectivity index (χ0v) is 18.6. The highest BCUT2D eigenvalue weighted by Gasteiger charge is 2.28. The number of benzene rings is 2. The maximum atomic E-state index is 13.3. The van der Waals surface area contributed by atoms with E-state index in [1.807, 2.05) is 0 Å². The normalized spacial score (nSPS) is 14.3. The van der Waals surface area contributed by atoms with E-state index in [-0.39, 0.29) is 17.3 Å². The van der Waals surface area contributed by atoms with Gasteiger partial charge in [-0.3, -0.25) is 9.59 Å². The molecule has 1 heterocycles. The molecule has 1 aliphatic rings. The van der Waals surface area contributed by atoms with Gasteiger partial charge in [-0.1, -0.05) is 12.1 Å². The summed E-state index contributed by atoms with van der Waals surface area (Å²) in [5.74, 6) is -1.43. The number of halogens is 1. The summed E-state index contributed by atoms with van der Waals surface area (Å²) < 4.78 is 46.0. The minimum absolute atomic E-state index is 0.132. The molecule has 1 fully saturated rings. The fraction of sp³-hybridized carbons (Fsp3) is 0.333. The second-order valence-electron chi connectivity index (χ2n) is 7.27. The van der Waals surface area contributed by atoms with Crippen LogP contribution in [0.25, 0.3) is 0 Å². The van der Waals surface area contributed by atoms with Crippen LogP contribution in [0.1, 0.15) is 10.4 Å². The van der Waals surface area contributed by atoms with Gasteiger partial charge in [0.25, 0.3) is 5.91 Å². The van der Waals surface area contributed by atoms with Gasteiger partial charge in [0.2, 0.25) is 5.91 Å². The number of anilines is 2. The summed E-state index contributed by atoms with van der Waals surface area (Å²) in [5, 5.41) is 2.64. The van der Waals surface area contributed by atoms with Crippen LogP contribution < -0.4 is 9.62 Å². The smallest absolute Gasteiger partial charge is 0.304 e. The van der Waals surface area contributed by atoms with Crippen LogP contribution in [-0.4, -0.2) is 76.4 Å². The summed E-state index contributed by atoms with van der Waals surface area (Å²) in [6.45, 7) is 1.21. The molecular weight excluding hydrogens is 439 g/mol. The molecule has 172 valence electrons. The van der Waals surface area contributed by atoms with E-state index < -0.39 is 28.5 Å². The van der Waals surface area contributed by atoms with Gasteiger partial charge in [-0.2, -0.15) is 12.7 Å². The molecule has 2 amide bonds. The number of carbonyl (C=O) groups is 2. The molecule has 0 spiro atoms. The van der Waals surface area contributed by atoms with Gasteiger partial charge < -0.3 is 15.0 Å². The fourth-order valence-corrected chi connectivity index (χ4v) is 4.21. The highest BCUT2D eigenvalue weighted by Crippen LogP contribution is 2.22. The van der Waals surface area contributed by atoms with Crippen molar-refractivity contribution in [1.29, 1.82) is 0 Å². The quantitative estimate of drug-likeness (QED) is 0.670. The van der Waals surface area contributed by atoms with Crippen LogP contribution in [0.4, 0.5) is 15.8 Å². The van der Waals surface area contributed by atoms with Crippen molar-refractivity contribution in [3.63, 3.8) is 0 Å². The Balaban J connectivity index is 1.82. The second kappa shape index (κ2) is 10.1. The third kappa shape index (κ3) is 5.42. The molecule has 2 aromatic carbocycles. The number of carbonyl (C=O) groups excluding carboxylic acids is 2. The first-order valence-electron chi connectivity index (χ1n) is 9.92. The maximum absolute atomic E-state index is 13.3. The van der Waals surface area contributed by atoms with Crippen molar-refractivity contribution >= 4 is 33.4 Å². The lowest BCUT2D eigenvalue weighted by atomic mass is 10.1. The summed E-state index contributed by atoms with van der Waals surface area (Å²) in [4.78, 5) is 27.4. The number of ether oxygens (including phenoxy) is 1. The van der Waals surface area contributed by atoms with Crippen LogP contribution in [0.3, 0.4) is 0 Å². The largest absolute Gasteiger partial charge is 0.378 e. The molecule has 11 heteroatoms. The first-order valence-corrected chi connectivity index (χ1v) is 11.3. The predicted octanol–water partition coefficient (Wildman–Crippen LogP) is 1.55. The topological polar surface area (TPSA) is 99.3 Å². The fourth-order valence-electron chi connectivity index (χ4n) is 3.15. The number of para-hydroxylation sites is 1. The molecular formula is C21H25FN4O5S. The third-order valence-electron chi connectivity index (χ3n) is 4.87. The first kappa shape index (κ1) is 23.6. The van der Waals surface area contributed by atoms with Crippen molar-refractivity contribution in [2.24, 2.45) is 0 Å². The lowest BCUT2D eigenvalue weighted by molar-refractivity contribution is -0.114. The molecule has 1 aliphatic heterocycles. The Morgan fingerprint density at radius 1 is 1.06 bits per heavy atom. The molecule has 3 rings (SSSR count). The lowest BCUT2D eigenvalue weighted by Crippen LogP contribution is -2.44. The predicted molar refractivity (Wildman–Crippen MR) is 118 cm³/mol. The number of amides is 2. The van der Waals surface area contributed by atoms with Crippen molar-refractivity contribution in [2.75, 3.05) is 56.6 Å². The highest BCUT2D eigenvalue weighted by molar-refractivity contribution is 7.90. The summed E-state index contributed by atoms with van der Waals surface area (Å²) in [6, 6.07) is 11.3. The number of hydrogen-bond acceptors (Lipinski definition) is 5. The van der Waals surface area contributed by atoms with E-state index in [1.165, 1.54) is 26.2 Å². The molecule has 0 aromatic heterocycles. The molecule has 9 nitrogen and oxygen atoms in total. The minimum Gasteiger partial charge on any atom is -0.378 e. The van der Waals surface area contributed by atoms with Gasteiger partial charge in [-0.05, 0) is 36.4 Å². The SMILES string of the molecule is CN(C)S(=O)(=O)N(CC(=O)Nc1ccccc1C(=O)N1CCOCC1)c1ccc(F)cc1. The molecule has 32 heavy (non-hydrogen) atoms. The van der Waals surface area contributed by atoms with E-state index in [4.69, 9.17) is 4.74 Å². The molecule has 0 atom stereocenters. The highest BCUT2D eigenvalue weighted by atomic mass is 32.2. The molecule has 0 bridgehead atoms. The van der Waals surface area contributed by atoms with Gasteiger partial charge in [0.1, 0.15) is 12.4 Å². The van der Waals surface area contributed by atoms with Gasteiger partial charge in [-0.15, -0.1) is 0 Å². The van der Waals surface area contributed by atoms with Crippen molar-refractivity contribution in [1.82, 2.24) is 9.21 Å². The standard InChI is InChI=1S/C21H25FN4O5S/c1-24(2)32(29,30)26(17-9-7-16(22)8-10-17)15-20(27)23-19-6-4-3-5-18(19)21(28)25-11-13-31-14-12-25/h3-10H,11-15H2,1-2H3,(H,23,27). The minimum atomic E-state index is -4.04. The Morgan fingerprint density at radius 3 is 2.31 bits per heavy atom. The molecule has 2 aromatic rings. The van der Waals surface area contributed by atoms with Crippen molar-refractivity contribution in [2.45, 2.75) is 0 Å². The van der Waals surface area contributed by atoms with E-state index in [0.717, 1.165) is 20.7 Å². The van der Waals surface area contributed by atoms with Crippen LogP contribution >= 0.6 is 0 Å². The average Bonchev–Trinajstić information content (AvgIpc) is 2.78. The molecule has 0 saturated carbocycles. The zero-order chi connectivity index (χ0) is 23.3. The zero-order valence-electron chi connectivity index (χ0n) is 17.8. The number of morpholine rings is 1. The Bertz CT molecular complexity index is 1070. The molecule has 0 radical (unpaired) electrons. The van der Waals surface area contributed by atoms with E-state index in [1.54, 1.807) is 29.2 Å². The number of hydrogen-bond donors (Lipinski definition) is 1. The van der Waals surface area contributed by atoms with Crippen molar-refractivity contribution < 1.29 is 27.1 Å². The second-order valence-corrected chi connectivity index (χ2v) is 9.34. The molecule has 1 N–H and O–H groups in total. The Kier molecular flexibility index (Phi) is 7.44. The third-order valence-corrected chi connectivity index (χ3v) is 6.69. The first-order chi connectivity index (χ1) is 15.2. The average molecular weight is 465 g/mol. The van der Waals surface area contributed by atoms with Crippen LogP contribution in [0.15, 0.2) is 48.5 Å². The van der Waals surface area contributed by atoms with E-state index in [0.29, 0.717) is 31.9 Å². The van der Waals surface area contributed by atoms with Gasteiger partial charge in [-0.25, -0.2) is 8.70 Å². The van der Waals surface area contributed by atoms with Gasteiger partial charge in [0, 0.05) is 27.2 Å². The van der Waals surface area contributed by atoms with E-state index in [9.17, 15) is 22.4 Å². The van der Waals surface area contributed by atoms with Crippen LogP contribution in [0.5, 0.6) is 0 Å². The van der Waals surface area contributed by atoms with Gasteiger partial charge >= 0.3 is 10.2 Å². The monoisotopic (exact) mass is 464 g/mol. The molecule has 0 aliphatic carbocycles. The molecule has 0 unspecified atom stereocenters. The van der Waals surface area contributed by atoms with Crippen LogP contribution in [-0.2, 0) is 19.7 Å². The van der Waals surface area contributed by atoms with Gasteiger partial charge in [0.15, 0.2) is 0 Å². The Morgan fingerprint density at radius 2 is 1.69 bits per heavy atom. The van der Waals surface area contributed by atoms with E-state index >= 15 is 0 Å². The van der Waals surface area contributed by atoms with Crippen molar-refractivity contribution in [3.05, 3.63) is 59.9 Å². The van der Waals surface area contributed by atoms with E-state index in [2.05, 4.69) is 5.32 Å². The van der Waals surface area contributed by atoms with Gasteiger partial charge in [0.05, 0.1) is 30.2 Å². The number of rotatable bonds is 7. The lowest BCUT2D eigenvalue weighted by Gasteiger charge is -2.28. The maximum Gasteiger partial charge on any atom is 0.304 e. The molecule has 1 saturated heterocycles. The number of nitrogens with one attached hydrogen (secondary N) is 1. The Labute approximate surface area is 186 Å². The van der Waals surface area contributed by atoms with Crippen LogP contribution in [0, 0.1) is 5.82 Å². The van der Waals surface area contributed by atoms with Crippen LogP contribution in [0.2, 0.25) is 0 Å². The Hall–Kier alpha value is -3.02. The summed E-state index contributed by atoms with van der Waals surface area (Å²) in [7, 11) is -1.37. The summed E-state index contributed by atoms with van der Waals surface area (Å²) in [5.41, 5.74) is 0.703. The van der Waals surface area contributed by atoms with Crippen molar-refractivity contribution in [3.8, 4) is 0 Å².